The van der Waals surface area contributed by atoms with Gasteiger partial charge in [-0.1, -0.05) is 23.5 Å². The zero-order valence-electron chi connectivity index (χ0n) is 10.2. The molecule has 1 heterocycles. The molecule has 0 atom stereocenters. The predicted octanol–water partition coefficient (Wildman–Crippen LogP) is 1.71. The summed E-state index contributed by atoms with van der Waals surface area (Å²) in [5, 5.41) is 0. The van der Waals surface area contributed by atoms with E-state index in [2.05, 4.69) is 4.98 Å². The molecule has 0 spiro atoms. The molecule has 0 aliphatic rings. The molecule has 0 amide bonds. The Bertz CT molecular complexity index is 764. The molecule has 0 saturated carbocycles. The number of thiazole rings is 1. The monoisotopic (exact) mass is 302 g/mol. The molecular formula is C11H11FN2O3S2. The minimum atomic E-state index is -3.94. The number of aromatic amines is 1. The normalized spacial score (nSPS) is 11.5. The van der Waals surface area contributed by atoms with E-state index in [0.29, 0.717) is 11.3 Å². The third-order valence-electron chi connectivity index (χ3n) is 2.57. The van der Waals surface area contributed by atoms with E-state index in [1.807, 2.05) is 0 Å². The van der Waals surface area contributed by atoms with Gasteiger partial charge in [0.1, 0.15) is 5.82 Å². The van der Waals surface area contributed by atoms with Gasteiger partial charge in [-0.25, -0.2) is 12.8 Å². The number of aryl methyl sites for hydroxylation is 1. The fraction of sp³-hybridized carbons (Fsp3) is 0.182. The van der Waals surface area contributed by atoms with Crippen LogP contribution in [0.4, 0.5) is 10.1 Å². The molecule has 2 rings (SSSR count). The van der Waals surface area contributed by atoms with Gasteiger partial charge in [0.15, 0.2) is 4.21 Å². The lowest BCUT2D eigenvalue weighted by Crippen LogP contribution is -2.27. The van der Waals surface area contributed by atoms with E-state index < -0.39 is 20.7 Å². The molecule has 102 valence electrons. The van der Waals surface area contributed by atoms with Crippen molar-refractivity contribution in [1.82, 2.24) is 4.98 Å². The second-order valence-corrected chi connectivity index (χ2v) is 7.00. The summed E-state index contributed by atoms with van der Waals surface area (Å²) < 4.78 is 39.0. The van der Waals surface area contributed by atoms with Crippen molar-refractivity contribution in [1.29, 1.82) is 0 Å². The highest BCUT2D eigenvalue weighted by Gasteiger charge is 2.27. The van der Waals surface area contributed by atoms with E-state index in [0.717, 1.165) is 4.31 Å². The highest BCUT2D eigenvalue weighted by molar-refractivity contribution is 7.94. The van der Waals surface area contributed by atoms with Crippen LogP contribution in [0.2, 0.25) is 0 Å². The summed E-state index contributed by atoms with van der Waals surface area (Å²) in [5.41, 5.74) is 0.181. The van der Waals surface area contributed by atoms with Crippen molar-refractivity contribution in [2.45, 2.75) is 11.1 Å². The van der Waals surface area contributed by atoms with Crippen LogP contribution in [0, 0.1) is 12.7 Å². The second-order valence-electron chi connectivity index (χ2n) is 3.85. The Balaban J connectivity index is 2.55. The molecule has 0 aliphatic heterocycles. The van der Waals surface area contributed by atoms with Crippen LogP contribution in [0.3, 0.4) is 0 Å². The lowest BCUT2D eigenvalue weighted by molar-refractivity contribution is 0.591. The number of anilines is 1. The Labute approximate surface area is 113 Å². The van der Waals surface area contributed by atoms with Crippen LogP contribution in [0.5, 0.6) is 0 Å². The van der Waals surface area contributed by atoms with Crippen molar-refractivity contribution < 1.29 is 12.8 Å². The van der Waals surface area contributed by atoms with Crippen molar-refractivity contribution in [3.05, 3.63) is 45.4 Å². The summed E-state index contributed by atoms with van der Waals surface area (Å²) in [6.07, 6.45) is 0. The number of H-pyrrole nitrogens is 1. The number of hydrogen-bond acceptors (Lipinski definition) is 4. The lowest BCUT2D eigenvalue weighted by atomic mass is 10.3. The third kappa shape index (κ3) is 2.41. The van der Waals surface area contributed by atoms with Crippen LogP contribution in [-0.4, -0.2) is 20.4 Å². The largest absolute Gasteiger partial charge is 0.315 e. The Kier molecular flexibility index (Phi) is 3.46. The van der Waals surface area contributed by atoms with Crippen molar-refractivity contribution in [2.75, 3.05) is 11.4 Å². The number of benzene rings is 1. The van der Waals surface area contributed by atoms with Crippen LogP contribution in [-0.2, 0) is 10.0 Å². The zero-order chi connectivity index (χ0) is 14.2. The fourth-order valence-corrected chi connectivity index (χ4v) is 4.25. The Morgan fingerprint density at radius 3 is 2.47 bits per heavy atom. The molecular weight excluding hydrogens is 291 g/mol. The van der Waals surface area contributed by atoms with Gasteiger partial charge in [0.25, 0.3) is 10.0 Å². The van der Waals surface area contributed by atoms with Gasteiger partial charge in [-0.2, -0.15) is 0 Å². The van der Waals surface area contributed by atoms with Gasteiger partial charge < -0.3 is 4.98 Å². The molecule has 0 saturated heterocycles. The fourth-order valence-electron chi connectivity index (χ4n) is 1.60. The molecule has 0 bridgehead atoms. The van der Waals surface area contributed by atoms with Gasteiger partial charge in [0, 0.05) is 12.7 Å². The van der Waals surface area contributed by atoms with Crippen LogP contribution < -0.4 is 9.18 Å². The Morgan fingerprint density at radius 2 is 1.95 bits per heavy atom. The van der Waals surface area contributed by atoms with E-state index in [1.54, 1.807) is 0 Å². The maximum atomic E-state index is 13.6. The number of hydrogen-bond donors (Lipinski definition) is 1. The molecule has 5 nitrogen and oxygen atoms in total. The number of halogens is 1. The summed E-state index contributed by atoms with van der Waals surface area (Å²) in [4.78, 5) is 13.1. The molecule has 2 aromatic rings. The second kappa shape index (κ2) is 4.78. The van der Waals surface area contributed by atoms with E-state index in [4.69, 9.17) is 0 Å². The summed E-state index contributed by atoms with van der Waals surface area (Å²) in [7, 11) is -2.70. The van der Waals surface area contributed by atoms with Crippen molar-refractivity contribution in [2.24, 2.45) is 0 Å². The van der Waals surface area contributed by atoms with Crippen LogP contribution >= 0.6 is 11.3 Å². The summed E-state index contributed by atoms with van der Waals surface area (Å²) in [5.74, 6) is -0.644. The highest BCUT2D eigenvalue weighted by Crippen LogP contribution is 2.26. The molecule has 0 fully saturated rings. The first-order valence-electron chi connectivity index (χ1n) is 5.27. The number of aromatic nitrogens is 1. The van der Waals surface area contributed by atoms with Crippen LogP contribution in [0.1, 0.15) is 5.69 Å². The van der Waals surface area contributed by atoms with E-state index >= 15 is 0 Å². The van der Waals surface area contributed by atoms with Crippen molar-refractivity contribution in [3.8, 4) is 0 Å². The average Bonchev–Trinajstić information content (AvgIpc) is 2.69. The van der Waals surface area contributed by atoms with Gasteiger partial charge in [0.05, 0.1) is 5.69 Å². The van der Waals surface area contributed by atoms with E-state index in [-0.39, 0.29) is 15.6 Å². The number of sulfonamides is 1. The van der Waals surface area contributed by atoms with Crippen molar-refractivity contribution in [3.63, 3.8) is 0 Å². The van der Waals surface area contributed by atoms with E-state index in [1.165, 1.54) is 38.2 Å². The first-order chi connectivity index (χ1) is 8.84. The molecule has 0 unspecified atom stereocenters. The maximum Gasteiger partial charge on any atom is 0.306 e. The van der Waals surface area contributed by atoms with Gasteiger partial charge in [-0.05, 0) is 19.1 Å². The topological polar surface area (TPSA) is 70.2 Å². The molecule has 1 N–H and O–H groups in total. The van der Waals surface area contributed by atoms with Gasteiger partial charge >= 0.3 is 4.87 Å². The molecule has 8 heteroatoms. The predicted molar refractivity (Wildman–Crippen MR) is 71.7 cm³/mol. The Morgan fingerprint density at radius 1 is 1.32 bits per heavy atom. The number of rotatable bonds is 3. The van der Waals surface area contributed by atoms with Crippen molar-refractivity contribution >= 4 is 27.0 Å². The smallest absolute Gasteiger partial charge is 0.306 e. The molecule has 0 aliphatic carbocycles. The van der Waals surface area contributed by atoms with Gasteiger partial charge in [-0.15, -0.1) is 0 Å². The molecule has 1 aromatic carbocycles. The van der Waals surface area contributed by atoms with Crippen LogP contribution in [0.25, 0.3) is 0 Å². The van der Waals surface area contributed by atoms with Gasteiger partial charge in [0.2, 0.25) is 0 Å². The maximum absolute atomic E-state index is 13.6. The first-order valence-corrected chi connectivity index (χ1v) is 7.53. The van der Waals surface area contributed by atoms with Crippen LogP contribution in [0.15, 0.2) is 33.3 Å². The summed E-state index contributed by atoms with van der Waals surface area (Å²) in [6.45, 7) is 1.49. The lowest BCUT2D eigenvalue weighted by Gasteiger charge is -2.19. The number of para-hydroxylation sites is 1. The van der Waals surface area contributed by atoms with Gasteiger partial charge in [-0.3, -0.25) is 9.10 Å². The minimum Gasteiger partial charge on any atom is -0.315 e. The number of nitrogens with one attached hydrogen (secondary N) is 1. The SMILES string of the molecule is Cc1[nH]c(=O)sc1S(=O)(=O)N(C)c1ccccc1F. The average molecular weight is 302 g/mol. The Hall–Kier alpha value is -1.67. The zero-order valence-corrected chi connectivity index (χ0v) is 11.8. The quantitative estimate of drug-likeness (QED) is 0.938. The standard InChI is InChI=1S/C11H11FN2O3S2/c1-7-10(18-11(15)13-7)19(16,17)14(2)9-6-4-3-5-8(9)12/h3-6H,1-2H3,(H,13,15). The molecule has 19 heavy (non-hydrogen) atoms. The number of nitrogens with zero attached hydrogens (tertiary/aromatic N) is 1. The summed E-state index contributed by atoms with van der Waals surface area (Å²) in [6, 6.07) is 5.54. The molecule has 0 radical (unpaired) electrons. The summed E-state index contributed by atoms with van der Waals surface area (Å²) >= 11 is 0.587. The minimum absolute atomic E-state index is 0.0669. The first kappa shape index (κ1) is 13.8. The highest BCUT2D eigenvalue weighted by atomic mass is 32.2. The third-order valence-corrected chi connectivity index (χ3v) is 5.92. The molecule has 1 aromatic heterocycles. The van der Waals surface area contributed by atoms with E-state index in [9.17, 15) is 17.6 Å².